The van der Waals surface area contributed by atoms with Gasteiger partial charge in [0.15, 0.2) is 0 Å². The van der Waals surface area contributed by atoms with Gasteiger partial charge in [-0.3, -0.25) is 4.79 Å². The summed E-state index contributed by atoms with van der Waals surface area (Å²) >= 11 is 1.62. The van der Waals surface area contributed by atoms with E-state index in [0.29, 0.717) is 0 Å². The molecule has 1 amide bonds. The van der Waals surface area contributed by atoms with Crippen molar-refractivity contribution in [1.29, 1.82) is 0 Å². The Kier molecular flexibility index (Phi) is 6.34. The fourth-order valence-electron chi connectivity index (χ4n) is 2.61. The molecule has 3 aromatic carbocycles. The number of hydrogen-bond acceptors (Lipinski definition) is 3. The summed E-state index contributed by atoms with van der Waals surface area (Å²) in [7, 11) is 1.61. The van der Waals surface area contributed by atoms with E-state index in [9.17, 15) is 4.79 Å². The van der Waals surface area contributed by atoms with E-state index < -0.39 is 0 Å². The van der Waals surface area contributed by atoms with Gasteiger partial charge in [0.25, 0.3) is 0 Å². The fourth-order valence-corrected chi connectivity index (χ4v) is 3.72. The summed E-state index contributed by atoms with van der Waals surface area (Å²) in [5.41, 5.74) is 2.93. The van der Waals surface area contributed by atoms with Gasteiger partial charge in [0.2, 0.25) is 5.91 Å². The summed E-state index contributed by atoms with van der Waals surface area (Å²) < 4.78 is 5.23. The first kappa shape index (κ1) is 18.1. The molecule has 0 aliphatic heterocycles. The van der Waals surface area contributed by atoms with Gasteiger partial charge in [0, 0.05) is 17.5 Å². The molecule has 0 spiro atoms. The van der Waals surface area contributed by atoms with Crippen molar-refractivity contribution in [2.45, 2.75) is 11.0 Å². The number of amides is 1. The first-order valence-electron chi connectivity index (χ1n) is 8.41. The lowest BCUT2D eigenvalue weighted by Crippen LogP contribution is -2.19. The molecule has 0 saturated carbocycles. The van der Waals surface area contributed by atoms with Crippen molar-refractivity contribution < 1.29 is 9.53 Å². The third-order valence-electron chi connectivity index (χ3n) is 3.94. The van der Waals surface area contributed by atoms with E-state index in [2.05, 4.69) is 17.4 Å². The van der Waals surface area contributed by atoms with Crippen molar-refractivity contribution in [3.8, 4) is 5.75 Å². The second-order valence-electron chi connectivity index (χ2n) is 5.81. The van der Waals surface area contributed by atoms with E-state index >= 15 is 0 Å². The first-order valence-corrected chi connectivity index (χ1v) is 9.46. The number of nitrogens with one attached hydrogen (secondary N) is 1. The van der Waals surface area contributed by atoms with Gasteiger partial charge in [-0.05, 0) is 23.3 Å². The monoisotopic (exact) mass is 363 g/mol. The van der Waals surface area contributed by atoms with Crippen LogP contribution in [0.1, 0.15) is 16.4 Å². The lowest BCUT2D eigenvalue weighted by molar-refractivity contribution is -0.115. The summed E-state index contributed by atoms with van der Waals surface area (Å²) in [6, 6.07) is 27.5. The first-order chi connectivity index (χ1) is 12.8. The van der Waals surface area contributed by atoms with Crippen LogP contribution in [0.15, 0.2) is 84.9 Å². The molecule has 1 N–H and O–H groups in total. The zero-order valence-corrected chi connectivity index (χ0v) is 15.4. The third-order valence-corrected chi connectivity index (χ3v) is 5.26. The van der Waals surface area contributed by atoms with Crippen molar-refractivity contribution in [2.24, 2.45) is 0 Å². The highest BCUT2D eigenvalue weighted by molar-refractivity contribution is 7.99. The van der Waals surface area contributed by atoms with Crippen LogP contribution >= 0.6 is 11.8 Å². The highest BCUT2D eigenvalue weighted by Crippen LogP contribution is 2.33. The minimum Gasteiger partial charge on any atom is -0.497 e. The van der Waals surface area contributed by atoms with Gasteiger partial charge in [-0.25, -0.2) is 0 Å². The van der Waals surface area contributed by atoms with Gasteiger partial charge >= 0.3 is 0 Å². The number of rotatable bonds is 7. The molecule has 132 valence electrons. The molecule has 0 aromatic heterocycles. The van der Waals surface area contributed by atoms with Crippen LogP contribution in [0.2, 0.25) is 0 Å². The Balaban J connectivity index is 1.76. The summed E-state index contributed by atoms with van der Waals surface area (Å²) in [4.78, 5) is 13.0. The molecule has 3 rings (SSSR count). The molecular weight excluding hydrogens is 342 g/mol. The molecule has 0 bridgehead atoms. The van der Waals surface area contributed by atoms with E-state index in [4.69, 9.17) is 4.74 Å². The molecule has 0 heterocycles. The normalized spacial score (nSPS) is 11.6. The Morgan fingerprint density at radius 2 is 1.65 bits per heavy atom. The number of benzene rings is 3. The molecule has 0 aliphatic rings. The van der Waals surface area contributed by atoms with Crippen molar-refractivity contribution in [3.05, 3.63) is 96.1 Å². The van der Waals surface area contributed by atoms with Crippen molar-refractivity contribution in [3.63, 3.8) is 0 Å². The predicted molar refractivity (Wildman–Crippen MR) is 109 cm³/mol. The van der Waals surface area contributed by atoms with Crippen LogP contribution in [0, 0.1) is 0 Å². The molecule has 0 fully saturated rings. The van der Waals surface area contributed by atoms with E-state index in [0.717, 1.165) is 22.8 Å². The van der Waals surface area contributed by atoms with E-state index in [1.807, 2.05) is 72.8 Å². The van der Waals surface area contributed by atoms with E-state index in [1.54, 1.807) is 18.9 Å². The zero-order valence-electron chi connectivity index (χ0n) is 14.6. The molecule has 3 nitrogen and oxygen atoms in total. The minimum atomic E-state index is -0.289. The summed E-state index contributed by atoms with van der Waals surface area (Å²) in [5, 5.41) is 2.72. The highest BCUT2D eigenvalue weighted by Gasteiger charge is 2.21. The molecule has 3 aromatic rings. The van der Waals surface area contributed by atoms with Gasteiger partial charge in [0.05, 0.1) is 7.11 Å². The standard InChI is InChI=1S/C22H21NO2S/c1-25-20-14-8-13-19(15-20)23-22(24)21(18-11-6-3-7-12-18)26-16-17-9-4-2-5-10-17/h2-15,21H,16H2,1H3,(H,23,24)/t21-/m1/s1. The van der Waals surface area contributed by atoms with Crippen LogP contribution in [0.5, 0.6) is 5.75 Å². The van der Waals surface area contributed by atoms with Crippen molar-refractivity contribution in [1.82, 2.24) is 0 Å². The van der Waals surface area contributed by atoms with Gasteiger partial charge in [-0.2, -0.15) is 0 Å². The second kappa shape index (κ2) is 9.11. The summed E-state index contributed by atoms with van der Waals surface area (Å²) in [6.45, 7) is 0. The number of thioether (sulfide) groups is 1. The Bertz CT molecular complexity index is 837. The number of methoxy groups -OCH3 is 1. The Hall–Kier alpha value is -2.72. The quantitative estimate of drug-likeness (QED) is 0.618. The Morgan fingerprint density at radius 3 is 2.35 bits per heavy atom. The molecule has 4 heteroatoms. The van der Waals surface area contributed by atoms with Crippen LogP contribution in [0.25, 0.3) is 0 Å². The van der Waals surface area contributed by atoms with Gasteiger partial charge < -0.3 is 10.1 Å². The zero-order chi connectivity index (χ0) is 18.2. The maximum Gasteiger partial charge on any atom is 0.242 e. The average molecular weight is 363 g/mol. The molecule has 0 radical (unpaired) electrons. The highest BCUT2D eigenvalue weighted by atomic mass is 32.2. The minimum absolute atomic E-state index is 0.0367. The molecule has 1 atom stereocenters. The summed E-state index contributed by atoms with van der Waals surface area (Å²) in [5.74, 6) is 1.45. The summed E-state index contributed by atoms with van der Waals surface area (Å²) in [6.07, 6.45) is 0. The lowest BCUT2D eigenvalue weighted by atomic mass is 10.1. The molecule has 26 heavy (non-hydrogen) atoms. The number of carbonyl (C=O) groups excluding carboxylic acids is 1. The SMILES string of the molecule is COc1cccc(NC(=O)[C@H](SCc2ccccc2)c2ccccc2)c1. The number of hydrogen-bond donors (Lipinski definition) is 1. The Morgan fingerprint density at radius 1 is 0.962 bits per heavy atom. The predicted octanol–water partition coefficient (Wildman–Crippen LogP) is 5.31. The van der Waals surface area contributed by atoms with Gasteiger partial charge in [-0.15, -0.1) is 11.8 Å². The van der Waals surface area contributed by atoms with Crippen LogP contribution in [-0.4, -0.2) is 13.0 Å². The third kappa shape index (κ3) is 4.90. The van der Waals surface area contributed by atoms with E-state index in [1.165, 1.54) is 5.56 Å². The van der Waals surface area contributed by atoms with Crippen LogP contribution in [0.3, 0.4) is 0 Å². The van der Waals surface area contributed by atoms with Crippen LogP contribution in [0.4, 0.5) is 5.69 Å². The van der Waals surface area contributed by atoms with Gasteiger partial charge in [-0.1, -0.05) is 66.7 Å². The van der Waals surface area contributed by atoms with Crippen LogP contribution in [-0.2, 0) is 10.5 Å². The van der Waals surface area contributed by atoms with E-state index in [-0.39, 0.29) is 11.2 Å². The average Bonchev–Trinajstić information content (AvgIpc) is 2.70. The second-order valence-corrected chi connectivity index (χ2v) is 6.90. The maximum absolute atomic E-state index is 13.0. The Labute approximate surface area is 158 Å². The van der Waals surface area contributed by atoms with Crippen LogP contribution < -0.4 is 10.1 Å². The molecular formula is C22H21NO2S. The van der Waals surface area contributed by atoms with Crippen molar-refractivity contribution >= 4 is 23.4 Å². The van der Waals surface area contributed by atoms with Gasteiger partial charge in [0.1, 0.15) is 11.0 Å². The fraction of sp³-hybridized carbons (Fsp3) is 0.136. The number of carbonyl (C=O) groups is 1. The maximum atomic E-state index is 13.0. The molecule has 0 unspecified atom stereocenters. The van der Waals surface area contributed by atoms with Crippen molar-refractivity contribution in [2.75, 3.05) is 12.4 Å². The largest absolute Gasteiger partial charge is 0.497 e. The molecule has 0 aliphatic carbocycles. The smallest absolute Gasteiger partial charge is 0.242 e. The number of anilines is 1. The lowest BCUT2D eigenvalue weighted by Gasteiger charge is -2.17. The molecule has 0 saturated heterocycles. The topological polar surface area (TPSA) is 38.3 Å². The number of ether oxygens (including phenoxy) is 1.